The Morgan fingerprint density at radius 3 is 1.56 bits per heavy atom. The third-order valence-electron chi connectivity index (χ3n) is 5.77. The highest BCUT2D eigenvalue weighted by Gasteiger charge is 2.30. The first kappa shape index (κ1) is 35.1. The van der Waals surface area contributed by atoms with Gasteiger partial charge < -0.3 is 35.8 Å². The fourth-order valence-corrected chi connectivity index (χ4v) is 3.91. The quantitative estimate of drug-likeness (QED) is 0.187. The minimum atomic E-state index is -1.17. The van der Waals surface area contributed by atoms with Crippen LogP contribution < -0.4 is 16.0 Å². The van der Waals surface area contributed by atoms with Gasteiger partial charge in [-0.2, -0.15) is 0 Å². The highest BCUT2D eigenvalue weighted by molar-refractivity contribution is 6.13. The van der Waals surface area contributed by atoms with Crippen molar-refractivity contribution in [1.29, 1.82) is 0 Å². The molecule has 11 nitrogen and oxygen atoms in total. The number of carboxylic acid groups (broad SMARTS) is 1. The van der Waals surface area contributed by atoms with Gasteiger partial charge in [0.05, 0.1) is 0 Å². The molecule has 41 heavy (non-hydrogen) atoms. The fourth-order valence-electron chi connectivity index (χ4n) is 3.91. The Bertz CT molecular complexity index is 1070. The lowest BCUT2D eigenvalue weighted by atomic mass is 9.99. The second kappa shape index (κ2) is 19.2. The van der Waals surface area contributed by atoms with Crippen molar-refractivity contribution in [3.63, 3.8) is 0 Å². The molecule has 0 aliphatic carbocycles. The van der Waals surface area contributed by atoms with Gasteiger partial charge in [-0.05, 0) is 35.8 Å². The van der Waals surface area contributed by atoms with Crippen molar-refractivity contribution >= 4 is 31.6 Å². The largest absolute Gasteiger partial charge is 0.480 e. The summed E-state index contributed by atoms with van der Waals surface area (Å²) in [5, 5.41) is 31.8. The van der Waals surface area contributed by atoms with Crippen LogP contribution in [0.4, 0.5) is 4.79 Å². The molecule has 2 aromatic carbocycles. The van der Waals surface area contributed by atoms with Crippen molar-refractivity contribution in [3.8, 4) is 0 Å². The maximum atomic E-state index is 13.2. The van der Waals surface area contributed by atoms with E-state index in [9.17, 15) is 24.3 Å². The molecule has 0 radical (unpaired) electrons. The summed E-state index contributed by atoms with van der Waals surface area (Å²) in [5.74, 6) is -2.19. The topological polar surface area (TPSA) is 174 Å². The van der Waals surface area contributed by atoms with Gasteiger partial charge in [0.15, 0.2) is 0 Å². The predicted molar refractivity (Wildman–Crippen MR) is 156 cm³/mol. The number of aliphatic carboxylic acids is 1. The number of carbonyl (C=O) groups is 4. The summed E-state index contributed by atoms with van der Waals surface area (Å²) in [6, 6.07) is 15.1. The highest BCUT2D eigenvalue weighted by atomic mass is 16.5. The fraction of sp³-hybridized carbons (Fsp3) is 0.448. The van der Waals surface area contributed by atoms with E-state index in [0.717, 1.165) is 11.1 Å². The molecule has 6 N–H and O–H groups in total. The molecule has 12 heteroatoms. The number of ether oxygens (including phenoxy) is 1. The van der Waals surface area contributed by atoms with E-state index >= 15 is 0 Å². The smallest absolute Gasteiger partial charge is 0.432 e. The maximum absolute atomic E-state index is 13.2. The first-order valence-electron chi connectivity index (χ1n) is 13.5. The second-order valence-corrected chi connectivity index (χ2v) is 10.3. The van der Waals surface area contributed by atoms with Gasteiger partial charge in [0.2, 0.25) is 11.8 Å². The van der Waals surface area contributed by atoms with Crippen molar-refractivity contribution in [2.24, 2.45) is 11.8 Å². The van der Waals surface area contributed by atoms with Crippen LogP contribution in [0.1, 0.15) is 51.7 Å². The molecular weight excluding hydrogens is 529 g/mol. The van der Waals surface area contributed by atoms with Gasteiger partial charge in [0, 0.05) is 6.42 Å². The van der Waals surface area contributed by atoms with E-state index in [1.807, 2.05) is 64.1 Å². The number of nitrogens with one attached hydrogen (secondary N) is 3. The van der Waals surface area contributed by atoms with Crippen LogP contribution in [0, 0.1) is 11.8 Å². The summed E-state index contributed by atoms with van der Waals surface area (Å²) in [6.07, 6.45) is -0.0149. The number of amides is 3. The van der Waals surface area contributed by atoms with Crippen molar-refractivity contribution in [2.45, 2.75) is 71.7 Å². The molecule has 0 fully saturated rings. The van der Waals surface area contributed by atoms with Gasteiger partial charge in [-0.25, -0.2) is 9.59 Å². The number of carbonyl (C=O) groups excluding carboxylic acids is 3. The Balaban J connectivity index is 0.00000268. The van der Waals surface area contributed by atoms with Gasteiger partial charge in [0.25, 0.3) is 0 Å². The molecular formula is C29H42BN3O8. The van der Waals surface area contributed by atoms with E-state index in [1.54, 1.807) is 24.3 Å². The Morgan fingerprint density at radius 2 is 1.12 bits per heavy atom. The molecule has 3 unspecified atom stereocenters. The summed E-state index contributed by atoms with van der Waals surface area (Å²) in [7, 11) is -0.750. The van der Waals surface area contributed by atoms with E-state index in [2.05, 4.69) is 16.0 Å². The molecule has 0 heterocycles. The van der Waals surface area contributed by atoms with Crippen LogP contribution in [0.15, 0.2) is 60.7 Å². The molecule has 0 saturated carbocycles. The Hall–Kier alpha value is -3.90. The minimum Gasteiger partial charge on any atom is -0.480 e. The third kappa shape index (κ3) is 14.9. The minimum absolute atomic E-state index is 0.0378. The average Bonchev–Trinajstić information content (AvgIpc) is 2.91. The zero-order valence-corrected chi connectivity index (χ0v) is 24.1. The summed E-state index contributed by atoms with van der Waals surface area (Å²) >= 11 is 0. The van der Waals surface area contributed by atoms with Crippen LogP contribution in [0.2, 0.25) is 0 Å². The molecule has 0 bridgehead atoms. The molecule has 2 rings (SSSR count). The van der Waals surface area contributed by atoms with Crippen LogP contribution in [-0.2, 0) is 32.1 Å². The van der Waals surface area contributed by atoms with E-state index in [4.69, 9.17) is 14.8 Å². The number of hydrogen-bond donors (Lipinski definition) is 6. The highest BCUT2D eigenvalue weighted by Crippen LogP contribution is 2.11. The standard InChI is InChI=1S/C29H39N3O6.BH3O2/c1-19(2)15-23(26(33)31-25(28(35)36)17-21-11-7-5-8-12-21)30-27(34)24(16-20(3)4)32-29(37)38-18-22-13-9-6-10-14-22;2-1-3/h5-14,19-20,23-25H,15-18H2,1-4H3,(H,30,34)(H,31,33)(H,32,37)(H,35,36);1-3H. The molecule has 0 aromatic heterocycles. The summed E-state index contributed by atoms with van der Waals surface area (Å²) < 4.78 is 5.27. The lowest BCUT2D eigenvalue weighted by Crippen LogP contribution is -2.56. The maximum Gasteiger partial charge on any atom is 0.432 e. The monoisotopic (exact) mass is 571 g/mol. The van der Waals surface area contributed by atoms with Crippen molar-refractivity contribution in [1.82, 2.24) is 16.0 Å². The lowest BCUT2D eigenvalue weighted by Gasteiger charge is -2.26. The predicted octanol–water partition coefficient (Wildman–Crippen LogP) is 1.91. The average molecular weight is 571 g/mol. The summed E-state index contributed by atoms with van der Waals surface area (Å²) in [5.41, 5.74) is 1.57. The lowest BCUT2D eigenvalue weighted by molar-refractivity contribution is -0.142. The number of benzene rings is 2. The van der Waals surface area contributed by atoms with Crippen LogP contribution >= 0.6 is 0 Å². The first-order valence-corrected chi connectivity index (χ1v) is 13.5. The van der Waals surface area contributed by atoms with Crippen LogP contribution in [-0.4, -0.2) is 64.8 Å². The normalized spacial score (nSPS) is 12.7. The Morgan fingerprint density at radius 1 is 0.707 bits per heavy atom. The molecule has 2 aromatic rings. The van der Waals surface area contributed by atoms with Crippen molar-refractivity contribution < 1.29 is 39.1 Å². The van der Waals surface area contributed by atoms with E-state index in [-0.39, 0.29) is 24.9 Å². The molecule has 224 valence electrons. The number of rotatable bonds is 14. The van der Waals surface area contributed by atoms with Gasteiger partial charge in [-0.15, -0.1) is 0 Å². The van der Waals surface area contributed by atoms with Crippen molar-refractivity contribution in [3.05, 3.63) is 71.8 Å². The number of carboxylic acids is 1. The van der Waals surface area contributed by atoms with Crippen LogP contribution in [0.3, 0.4) is 0 Å². The Kier molecular flexibility index (Phi) is 16.5. The zero-order chi connectivity index (χ0) is 30.8. The summed E-state index contributed by atoms with van der Waals surface area (Å²) in [6.45, 7) is 7.68. The molecule has 0 aliphatic heterocycles. The zero-order valence-electron chi connectivity index (χ0n) is 24.1. The molecule has 3 amide bonds. The van der Waals surface area contributed by atoms with E-state index < -0.39 is 49.7 Å². The van der Waals surface area contributed by atoms with Gasteiger partial charge in [-0.1, -0.05) is 88.4 Å². The molecule has 3 atom stereocenters. The van der Waals surface area contributed by atoms with Gasteiger partial charge in [0.1, 0.15) is 24.7 Å². The second-order valence-electron chi connectivity index (χ2n) is 10.3. The Labute approximate surface area is 242 Å². The first-order chi connectivity index (χ1) is 19.5. The summed E-state index contributed by atoms with van der Waals surface area (Å²) in [4.78, 5) is 50.7. The van der Waals surface area contributed by atoms with E-state index in [0.29, 0.717) is 12.8 Å². The number of alkyl carbamates (subject to hydrolysis) is 1. The van der Waals surface area contributed by atoms with Crippen molar-refractivity contribution in [2.75, 3.05) is 0 Å². The van der Waals surface area contributed by atoms with Crippen LogP contribution in [0.25, 0.3) is 0 Å². The molecule has 0 saturated heterocycles. The number of hydrogen-bond acceptors (Lipinski definition) is 7. The van der Waals surface area contributed by atoms with Gasteiger partial charge in [-0.3, -0.25) is 9.59 Å². The molecule has 0 spiro atoms. The SMILES string of the molecule is CC(C)CC(NC(=O)OCc1ccccc1)C(=O)NC(CC(C)C)C(=O)NC(Cc1ccccc1)C(=O)O.OBO. The van der Waals surface area contributed by atoms with E-state index in [1.165, 1.54) is 0 Å². The van der Waals surface area contributed by atoms with Gasteiger partial charge >= 0.3 is 19.7 Å². The molecule has 0 aliphatic rings. The van der Waals surface area contributed by atoms with Crippen LogP contribution in [0.5, 0.6) is 0 Å². The third-order valence-corrected chi connectivity index (χ3v) is 5.77.